The smallest absolute Gasteiger partial charge is 0.224 e. The number of likely N-dealkylation sites (tertiary alicyclic amines) is 1. The van der Waals surface area contributed by atoms with E-state index < -0.39 is 0 Å². The summed E-state index contributed by atoms with van der Waals surface area (Å²) in [6.45, 7) is 2.18. The van der Waals surface area contributed by atoms with Crippen molar-refractivity contribution in [2.45, 2.75) is 25.7 Å². The number of carbonyl (C=O) groups is 2. The molecule has 1 saturated heterocycles. The number of carbonyl (C=O) groups excluding carboxylic acids is 2. The first-order chi connectivity index (χ1) is 9.25. The van der Waals surface area contributed by atoms with E-state index in [9.17, 15) is 9.59 Å². The molecule has 102 valence electrons. The summed E-state index contributed by atoms with van der Waals surface area (Å²) in [4.78, 5) is 25.3. The van der Waals surface area contributed by atoms with Crippen molar-refractivity contribution in [1.82, 2.24) is 10.2 Å². The molecule has 1 fully saturated rings. The zero-order valence-corrected chi connectivity index (χ0v) is 11.1. The van der Waals surface area contributed by atoms with E-state index in [1.807, 2.05) is 35.2 Å². The van der Waals surface area contributed by atoms with E-state index in [2.05, 4.69) is 5.32 Å². The Bertz CT molecular complexity index is 425. The summed E-state index contributed by atoms with van der Waals surface area (Å²) in [5.41, 5.74) is 0.992. The molecule has 0 aromatic heterocycles. The Morgan fingerprint density at radius 3 is 2.47 bits per heavy atom. The van der Waals surface area contributed by atoms with Crippen LogP contribution in [-0.2, 0) is 16.0 Å². The molecule has 0 spiro atoms. The predicted octanol–water partition coefficient (Wildman–Crippen LogP) is 1.36. The zero-order valence-electron chi connectivity index (χ0n) is 11.1. The van der Waals surface area contributed by atoms with Gasteiger partial charge in [-0.15, -0.1) is 0 Å². The maximum Gasteiger partial charge on any atom is 0.224 e. The topological polar surface area (TPSA) is 49.4 Å². The summed E-state index contributed by atoms with van der Waals surface area (Å²) >= 11 is 0. The van der Waals surface area contributed by atoms with E-state index in [0.717, 1.165) is 31.5 Å². The molecular formula is C15H20N2O2. The Morgan fingerprint density at radius 1 is 1.11 bits per heavy atom. The van der Waals surface area contributed by atoms with Gasteiger partial charge in [-0.25, -0.2) is 0 Å². The molecule has 19 heavy (non-hydrogen) atoms. The van der Waals surface area contributed by atoms with Crippen molar-refractivity contribution in [3.63, 3.8) is 0 Å². The number of amides is 2. The van der Waals surface area contributed by atoms with Crippen LogP contribution in [0, 0.1) is 0 Å². The largest absolute Gasteiger partial charge is 0.355 e. The molecule has 2 rings (SSSR count). The van der Waals surface area contributed by atoms with Crippen LogP contribution in [0.25, 0.3) is 0 Å². The molecule has 1 aliphatic rings. The number of hydrogen-bond acceptors (Lipinski definition) is 2. The number of rotatable bonds is 5. The lowest BCUT2D eigenvalue weighted by Gasteiger charge is -2.15. The van der Waals surface area contributed by atoms with Crippen LogP contribution < -0.4 is 5.32 Å². The molecule has 0 radical (unpaired) electrons. The van der Waals surface area contributed by atoms with Crippen molar-refractivity contribution in [3.8, 4) is 0 Å². The van der Waals surface area contributed by atoms with Gasteiger partial charge in [-0.1, -0.05) is 30.3 Å². The van der Waals surface area contributed by atoms with Crippen LogP contribution in [-0.4, -0.2) is 36.3 Å². The van der Waals surface area contributed by atoms with Gasteiger partial charge in [0.25, 0.3) is 0 Å². The minimum absolute atomic E-state index is 0.0274. The molecule has 1 aromatic carbocycles. The second-order valence-corrected chi connectivity index (χ2v) is 4.85. The molecule has 1 aromatic rings. The van der Waals surface area contributed by atoms with Gasteiger partial charge in [-0.3, -0.25) is 9.59 Å². The van der Waals surface area contributed by atoms with Crippen LogP contribution in [0.15, 0.2) is 30.3 Å². The molecule has 4 heteroatoms. The highest BCUT2D eigenvalue weighted by Gasteiger charge is 2.17. The monoisotopic (exact) mass is 260 g/mol. The Kier molecular flexibility index (Phi) is 4.95. The van der Waals surface area contributed by atoms with E-state index in [4.69, 9.17) is 0 Å². The Hall–Kier alpha value is -1.84. The fourth-order valence-corrected chi connectivity index (χ4v) is 2.28. The second-order valence-electron chi connectivity index (χ2n) is 4.85. The van der Waals surface area contributed by atoms with Gasteiger partial charge >= 0.3 is 0 Å². The normalized spacial score (nSPS) is 14.4. The highest BCUT2D eigenvalue weighted by atomic mass is 16.2. The Morgan fingerprint density at radius 2 is 1.79 bits per heavy atom. The summed E-state index contributed by atoms with van der Waals surface area (Å²) < 4.78 is 0. The molecule has 0 bridgehead atoms. The first kappa shape index (κ1) is 13.6. The van der Waals surface area contributed by atoms with Crippen LogP contribution in [0.5, 0.6) is 0 Å². The van der Waals surface area contributed by atoms with E-state index in [1.54, 1.807) is 0 Å². The first-order valence-corrected chi connectivity index (χ1v) is 6.84. The van der Waals surface area contributed by atoms with E-state index in [0.29, 0.717) is 19.4 Å². The van der Waals surface area contributed by atoms with Crippen molar-refractivity contribution < 1.29 is 9.59 Å². The maximum atomic E-state index is 11.8. The summed E-state index contributed by atoms with van der Waals surface area (Å²) in [6.07, 6.45) is 2.98. The number of hydrogen-bond donors (Lipinski definition) is 1. The van der Waals surface area contributed by atoms with Crippen LogP contribution in [0.3, 0.4) is 0 Å². The molecule has 0 saturated carbocycles. The van der Waals surface area contributed by atoms with E-state index >= 15 is 0 Å². The third kappa shape index (κ3) is 4.39. The lowest BCUT2D eigenvalue weighted by molar-refractivity contribution is -0.130. The van der Waals surface area contributed by atoms with Crippen molar-refractivity contribution >= 4 is 11.8 Å². The second kappa shape index (κ2) is 6.92. The molecule has 0 aliphatic carbocycles. The van der Waals surface area contributed by atoms with Crippen molar-refractivity contribution in [1.29, 1.82) is 0 Å². The first-order valence-electron chi connectivity index (χ1n) is 6.84. The number of nitrogens with one attached hydrogen (secondary N) is 1. The standard InChI is InChI=1S/C15H20N2O2/c18-14(12-13-6-2-1-3-7-13)16-9-8-15(19)17-10-4-5-11-17/h1-3,6-7H,4-5,8-12H2,(H,16,18). The molecule has 1 N–H and O–H groups in total. The van der Waals surface area contributed by atoms with Crippen molar-refractivity contribution in [3.05, 3.63) is 35.9 Å². The summed E-state index contributed by atoms with van der Waals surface area (Å²) in [7, 11) is 0. The van der Waals surface area contributed by atoms with Crippen LogP contribution in [0.1, 0.15) is 24.8 Å². The average molecular weight is 260 g/mol. The molecular weight excluding hydrogens is 240 g/mol. The maximum absolute atomic E-state index is 11.8. The van der Waals surface area contributed by atoms with Crippen LogP contribution >= 0.6 is 0 Å². The Labute approximate surface area is 113 Å². The van der Waals surface area contributed by atoms with Crippen molar-refractivity contribution in [2.75, 3.05) is 19.6 Å². The predicted molar refractivity (Wildman–Crippen MR) is 73.6 cm³/mol. The SMILES string of the molecule is O=C(Cc1ccccc1)NCCC(=O)N1CCCC1. The molecule has 1 aliphatic heterocycles. The fraction of sp³-hybridized carbons (Fsp3) is 0.467. The summed E-state index contributed by atoms with van der Waals surface area (Å²) in [6, 6.07) is 9.61. The lowest BCUT2D eigenvalue weighted by atomic mass is 10.1. The molecule has 4 nitrogen and oxygen atoms in total. The third-order valence-corrected chi connectivity index (χ3v) is 3.33. The molecule has 0 unspecified atom stereocenters. The number of benzene rings is 1. The Balaban J connectivity index is 1.65. The van der Waals surface area contributed by atoms with Gasteiger partial charge in [-0.05, 0) is 18.4 Å². The third-order valence-electron chi connectivity index (χ3n) is 3.33. The van der Waals surface area contributed by atoms with Gasteiger partial charge in [-0.2, -0.15) is 0 Å². The van der Waals surface area contributed by atoms with Crippen LogP contribution in [0.2, 0.25) is 0 Å². The highest BCUT2D eigenvalue weighted by molar-refractivity contribution is 5.80. The fourth-order valence-electron chi connectivity index (χ4n) is 2.28. The number of nitrogens with zero attached hydrogens (tertiary/aromatic N) is 1. The quantitative estimate of drug-likeness (QED) is 0.869. The van der Waals surface area contributed by atoms with E-state index in [-0.39, 0.29) is 11.8 Å². The van der Waals surface area contributed by atoms with Gasteiger partial charge in [0, 0.05) is 26.1 Å². The van der Waals surface area contributed by atoms with Crippen LogP contribution in [0.4, 0.5) is 0 Å². The summed E-state index contributed by atoms with van der Waals surface area (Å²) in [5, 5.41) is 2.80. The van der Waals surface area contributed by atoms with Gasteiger partial charge in [0.15, 0.2) is 0 Å². The molecule has 0 atom stereocenters. The van der Waals surface area contributed by atoms with Gasteiger partial charge in [0.1, 0.15) is 0 Å². The summed E-state index contributed by atoms with van der Waals surface area (Å²) in [5.74, 6) is 0.123. The van der Waals surface area contributed by atoms with Gasteiger partial charge < -0.3 is 10.2 Å². The van der Waals surface area contributed by atoms with Gasteiger partial charge in [0.05, 0.1) is 6.42 Å². The lowest BCUT2D eigenvalue weighted by Crippen LogP contribution is -2.33. The van der Waals surface area contributed by atoms with Gasteiger partial charge in [0.2, 0.25) is 11.8 Å². The van der Waals surface area contributed by atoms with Crippen molar-refractivity contribution in [2.24, 2.45) is 0 Å². The minimum atomic E-state index is -0.0274. The highest BCUT2D eigenvalue weighted by Crippen LogP contribution is 2.08. The molecule has 2 amide bonds. The minimum Gasteiger partial charge on any atom is -0.355 e. The average Bonchev–Trinajstić information content (AvgIpc) is 2.93. The molecule has 1 heterocycles. The zero-order chi connectivity index (χ0) is 13.5. The van der Waals surface area contributed by atoms with E-state index in [1.165, 1.54) is 0 Å².